The highest BCUT2D eigenvalue weighted by molar-refractivity contribution is 7.00. The van der Waals surface area contributed by atoms with Crippen molar-refractivity contribution in [2.24, 2.45) is 0 Å². The second kappa shape index (κ2) is 20.9. The van der Waals surface area contributed by atoms with Crippen molar-refractivity contribution in [1.82, 2.24) is 9.13 Å². The van der Waals surface area contributed by atoms with Crippen molar-refractivity contribution in [1.29, 1.82) is 0 Å². The van der Waals surface area contributed by atoms with Gasteiger partial charge in [0.25, 0.3) is 6.71 Å². The van der Waals surface area contributed by atoms with Gasteiger partial charge in [-0.15, -0.1) is 0 Å². The van der Waals surface area contributed by atoms with Crippen LogP contribution in [0.15, 0.2) is 261 Å². The standard InChI is InChI=1S/C92H79BN4/c1-89(2,3)62-46-63(90(4,5)6)49-68(48-62)96-84-52-74-59(37-35-56-25-19-21-31-70(56)74)41-78(84)93-79-42-60-38-36-57-26-20-22-32-71(57)75(60)53-85(79)97(69-50-64(91(7,8)9)47-65(51-69)92(10,11)12)87-45-61(44-86(96)88(87)93)58-39-40-73-77-55-82-76(54-83(77)95(81(73)43-58)67-29-17-14-18-30-67)72-33-23-24-34-80(72)94(82)66-27-15-13-16-28-66/h13-55H,1-12H3. The first-order chi connectivity index (χ1) is 46.6. The third kappa shape index (κ3) is 9.25. The largest absolute Gasteiger partial charge is 0.311 e. The van der Waals surface area contributed by atoms with Gasteiger partial charge in [0.05, 0.1) is 22.1 Å². The topological polar surface area (TPSA) is 16.3 Å². The molecule has 0 N–H and O–H groups in total. The highest BCUT2D eigenvalue weighted by atomic mass is 15.2. The highest BCUT2D eigenvalue weighted by Crippen LogP contribution is 2.51. The van der Waals surface area contributed by atoms with E-state index in [-0.39, 0.29) is 28.4 Å². The van der Waals surface area contributed by atoms with Gasteiger partial charge in [-0.1, -0.05) is 247 Å². The molecule has 2 aromatic heterocycles. The first-order valence-electron chi connectivity index (χ1n) is 34.7. The summed E-state index contributed by atoms with van der Waals surface area (Å²) in [6.45, 7) is 28.3. The second-order valence-electron chi connectivity index (χ2n) is 31.9. The SMILES string of the molecule is CC(C)(C)c1cc(N2c3cc4c(ccc5ccccc54)cc3B3c4cc5ccc6ccccc6c5cc4N(c4cc(C(C)(C)C)cc(C(C)(C)C)c4)c4cc(-c5ccc6c7cc8c(cc7n(-c7ccccc7)c6c5)c5ccccc5n8-c5ccccc5)cc2c43)cc(C(C)(C)C)c1. The zero-order valence-electron chi connectivity index (χ0n) is 57.7. The van der Waals surface area contributed by atoms with Crippen LogP contribution in [0.3, 0.4) is 0 Å². The zero-order chi connectivity index (χ0) is 66.3. The lowest BCUT2D eigenvalue weighted by molar-refractivity contribution is 0.568. The molecule has 0 radical (unpaired) electrons. The fraction of sp³-hybridized carbons (Fsp3) is 0.174. The normalized spacial score (nSPS) is 13.5. The molecule has 18 rings (SSSR count). The summed E-state index contributed by atoms with van der Waals surface area (Å²) < 4.78 is 4.97. The summed E-state index contributed by atoms with van der Waals surface area (Å²) in [6.07, 6.45) is 0. The Morgan fingerprint density at radius 2 is 0.619 bits per heavy atom. The molecule has 0 amide bonds. The predicted octanol–water partition coefficient (Wildman–Crippen LogP) is 23.4. The Labute approximate surface area is 569 Å². The van der Waals surface area contributed by atoms with E-state index >= 15 is 0 Å². The molecule has 0 atom stereocenters. The van der Waals surface area contributed by atoms with Crippen molar-refractivity contribution in [3.05, 3.63) is 283 Å². The fourth-order valence-corrected chi connectivity index (χ4v) is 16.3. The first kappa shape index (κ1) is 58.9. The molecular weight excluding hydrogens is 1170 g/mol. The zero-order valence-corrected chi connectivity index (χ0v) is 57.7. The first-order valence-corrected chi connectivity index (χ1v) is 34.7. The number of benzene rings is 14. The number of nitrogens with zero attached hydrogens (tertiary/aromatic N) is 4. The van der Waals surface area contributed by atoms with Crippen molar-refractivity contribution in [3.63, 3.8) is 0 Å². The lowest BCUT2D eigenvalue weighted by atomic mass is 9.33. The van der Waals surface area contributed by atoms with Gasteiger partial charge in [-0.25, -0.2) is 0 Å². The molecule has 14 aromatic carbocycles. The van der Waals surface area contributed by atoms with E-state index in [1.165, 1.54) is 154 Å². The van der Waals surface area contributed by atoms with Crippen molar-refractivity contribution in [2.75, 3.05) is 9.80 Å². The summed E-state index contributed by atoms with van der Waals surface area (Å²) in [5, 5.41) is 14.9. The van der Waals surface area contributed by atoms with Crippen LogP contribution in [0.1, 0.15) is 105 Å². The van der Waals surface area contributed by atoms with E-state index in [1.54, 1.807) is 0 Å². The lowest BCUT2D eigenvalue weighted by Gasteiger charge is -2.45. The van der Waals surface area contributed by atoms with Crippen LogP contribution in [0.4, 0.5) is 34.1 Å². The Kier molecular flexibility index (Phi) is 12.7. The highest BCUT2D eigenvalue weighted by Gasteiger charge is 2.45. The molecule has 16 aromatic rings. The van der Waals surface area contributed by atoms with Crippen LogP contribution in [0, 0.1) is 0 Å². The Morgan fingerprint density at radius 3 is 1.07 bits per heavy atom. The van der Waals surface area contributed by atoms with Gasteiger partial charge in [0, 0.05) is 67.0 Å². The molecule has 0 fully saturated rings. The number of hydrogen-bond acceptors (Lipinski definition) is 2. The van der Waals surface area contributed by atoms with E-state index in [2.05, 4.69) is 363 Å². The Bertz CT molecular complexity index is 5700. The number of fused-ring (bicyclic) bond motifs is 16. The molecule has 0 aliphatic carbocycles. The number of hydrogen-bond donors (Lipinski definition) is 0. The minimum Gasteiger partial charge on any atom is -0.311 e. The molecule has 0 saturated carbocycles. The molecule has 0 saturated heterocycles. The van der Waals surface area contributed by atoms with Gasteiger partial charge in [0.2, 0.25) is 0 Å². The molecular formula is C92H79BN4. The van der Waals surface area contributed by atoms with Crippen LogP contribution < -0.4 is 26.2 Å². The summed E-state index contributed by atoms with van der Waals surface area (Å²) in [5.74, 6) is 0. The minimum absolute atomic E-state index is 0.141. The van der Waals surface area contributed by atoms with E-state index in [9.17, 15) is 0 Å². The average molecular weight is 1250 g/mol. The Morgan fingerprint density at radius 1 is 0.237 bits per heavy atom. The second-order valence-corrected chi connectivity index (χ2v) is 31.9. The maximum Gasteiger partial charge on any atom is 0.252 e. The fourth-order valence-electron chi connectivity index (χ4n) is 16.3. The number of anilines is 6. The molecule has 470 valence electrons. The van der Waals surface area contributed by atoms with Gasteiger partial charge in [-0.2, -0.15) is 0 Å². The van der Waals surface area contributed by atoms with Gasteiger partial charge in [0.15, 0.2) is 0 Å². The Hall–Kier alpha value is -10.6. The van der Waals surface area contributed by atoms with Crippen LogP contribution in [-0.4, -0.2) is 15.8 Å². The summed E-state index contributed by atoms with van der Waals surface area (Å²) in [4.78, 5) is 5.39. The minimum atomic E-state index is -0.144. The lowest BCUT2D eigenvalue weighted by Crippen LogP contribution is -2.61. The molecule has 2 aliphatic rings. The average Bonchev–Trinajstić information content (AvgIpc) is 1.13. The van der Waals surface area contributed by atoms with Crippen molar-refractivity contribution in [3.8, 4) is 22.5 Å². The summed E-state index contributed by atoms with van der Waals surface area (Å²) >= 11 is 0. The number of para-hydroxylation sites is 3. The molecule has 97 heavy (non-hydrogen) atoms. The van der Waals surface area contributed by atoms with Gasteiger partial charge in [0.1, 0.15) is 0 Å². The van der Waals surface area contributed by atoms with E-state index < -0.39 is 0 Å². The summed E-state index contributed by atoms with van der Waals surface area (Å²) in [5.41, 5.74) is 25.0. The quantitative estimate of drug-likeness (QED) is 0.126. The molecule has 4 heterocycles. The van der Waals surface area contributed by atoms with Gasteiger partial charge < -0.3 is 18.9 Å². The summed E-state index contributed by atoms with van der Waals surface area (Å²) in [6, 6.07) is 101. The van der Waals surface area contributed by atoms with Crippen molar-refractivity contribution < 1.29 is 0 Å². The Balaban J connectivity index is 1.000. The van der Waals surface area contributed by atoms with Gasteiger partial charge in [-0.3, -0.25) is 0 Å². The number of aromatic nitrogens is 2. The van der Waals surface area contributed by atoms with Gasteiger partial charge in [-0.05, 0) is 212 Å². The van der Waals surface area contributed by atoms with E-state index in [1.807, 2.05) is 0 Å². The smallest absolute Gasteiger partial charge is 0.252 e. The van der Waals surface area contributed by atoms with Crippen LogP contribution in [0.25, 0.3) is 109 Å². The molecule has 0 unspecified atom stereocenters. The predicted molar refractivity (Wildman–Crippen MR) is 419 cm³/mol. The van der Waals surface area contributed by atoms with Crippen molar-refractivity contribution in [2.45, 2.75) is 105 Å². The molecule has 0 bridgehead atoms. The monoisotopic (exact) mass is 1250 g/mol. The van der Waals surface area contributed by atoms with Gasteiger partial charge >= 0.3 is 0 Å². The maximum absolute atomic E-state index is 2.70. The van der Waals surface area contributed by atoms with Crippen LogP contribution in [-0.2, 0) is 21.7 Å². The summed E-state index contributed by atoms with van der Waals surface area (Å²) in [7, 11) is 0. The van der Waals surface area contributed by atoms with E-state index in [0.717, 1.165) is 28.0 Å². The van der Waals surface area contributed by atoms with Crippen LogP contribution >= 0.6 is 0 Å². The molecule has 2 aliphatic heterocycles. The third-order valence-corrected chi connectivity index (χ3v) is 21.5. The third-order valence-electron chi connectivity index (χ3n) is 21.5. The van der Waals surface area contributed by atoms with E-state index in [4.69, 9.17) is 0 Å². The molecule has 4 nitrogen and oxygen atoms in total. The molecule has 5 heteroatoms. The molecule has 0 spiro atoms. The van der Waals surface area contributed by atoms with Crippen LogP contribution in [0.5, 0.6) is 0 Å². The van der Waals surface area contributed by atoms with Crippen molar-refractivity contribution >= 4 is 144 Å². The number of rotatable bonds is 5. The van der Waals surface area contributed by atoms with Crippen LogP contribution in [0.2, 0.25) is 0 Å². The maximum atomic E-state index is 2.70. The van der Waals surface area contributed by atoms with E-state index in [0.29, 0.717) is 0 Å².